The third-order valence-electron chi connectivity index (χ3n) is 2.64. The first-order valence-corrected chi connectivity index (χ1v) is 6.99. The van der Waals surface area contributed by atoms with Crippen molar-refractivity contribution in [3.05, 3.63) is 58.6 Å². The molecule has 2 aromatic carbocycles. The average Bonchev–Trinajstić information content (AvgIpc) is 2.29. The van der Waals surface area contributed by atoms with Crippen LogP contribution in [0.15, 0.2) is 53.0 Å². The quantitative estimate of drug-likeness (QED) is 0.760. The Labute approximate surface area is 117 Å². The minimum atomic E-state index is 0.409. The maximum Gasteiger partial charge on any atom is 0.0181 e. The van der Waals surface area contributed by atoms with Crippen molar-refractivity contribution in [2.45, 2.75) is 18.6 Å². The Morgan fingerprint density at radius 1 is 1.06 bits per heavy atom. The molecule has 0 aliphatic carbocycles. The van der Waals surface area contributed by atoms with E-state index in [9.17, 15) is 0 Å². The molecule has 0 spiro atoms. The smallest absolute Gasteiger partial charge is 0.0181 e. The monoisotopic (exact) mass is 306 g/mol. The normalized spacial score (nSPS) is 12.4. The number of thiol groups is 1. The summed E-state index contributed by atoms with van der Waals surface area (Å²) in [6.07, 6.45) is 1.02. The summed E-state index contributed by atoms with van der Waals surface area (Å²) in [5.74, 6) is 0. The molecule has 0 saturated carbocycles. The molecule has 0 N–H and O–H groups in total. The van der Waals surface area contributed by atoms with Gasteiger partial charge in [-0.2, -0.15) is 12.6 Å². The zero-order chi connectivity index (χ0) is 12.3. The summed E-state index contributed by atoms with van der Waals surface area (Å²) in [6, 6.07) is 17.1. The summed E-state index contributed by atoms with van der Waals surface area (Å²) in [4.78, 5) is 0. The predicted molar refractivity (Wildman–Crippen MR) is 81.7 cm³/mol. The second-order valence-electron chi connectivity index (χ2n) is 4.26. The summed E-state index contributed by atoms with van der Waals surface area (Å²) in [5.41, 5.74) is 3.83. The van der Waals surface area contributed by atoms with Gasteiger partial charge < -0.3 is 0 Å². The van der Waals surface area contributed by atoms with Gasteiger partial charge in [-0.05, 0) is 35.2 Å². The average molecular weight is 307 g/mol. The van der Waals surface area contributed by atoms with Gasteiger partial charge in [0.15, 0.2) is 0 Å². The summed E-state index contributed by atoms with van der Waals surface area (Å²) < 4.78 is 1.11. The van der Waals surface area contributed by atoms with Crippen LogP contribution in [0.25, 0.3) is 11.1 Å². The molecule has 1 unspecified atom stereocenters. The minimum absolute atomic E-state index is 0.409. The second kappa shape index (κ2) is 5.74. The fraction of sp³-hybridized carbons (Fsp3) is 0.200. The molecular formula is C15H15BrS. The highest BCUT2D eigenvalue weighted by molar-refractivity contribution is 9.10. The van der Waals surface area contributed by atoms with Crippen LogP contribution < -0.4 is 0 Å². The van der Waals surface area contributed by atoms with Crippen LogP contribution in [0.1, 0.15) is 12.5 Å². The molecule has 0 aliphatic heterocycles. The van der Waals surface area contributed by atoms with E-state index >= 15 is 0 Å². The van der Waals surface area contributed by atoms with E-state index in [0.29, 0.717) is 5.25 Å². The molecule has 0 heterocycles. The Balaban J connectivity index is 2.23. The number of halogens is 1. The summed E-state index contributed by atoms with van der Waals surface area (Å²) in [7, 11) is 0. The Kier molecular flexibility index (Phi) is 4.30. The van der Waals surface area contributed by atoms with Gasteiger partial charge in [0.25, 0.3) is 0 Å². The van der Waals surface area contributed by atoms with Gasteiger partial charge in [-0.25, -0.2) is 0 Å². The molecule has 2 heteroatoms. The predicted octanol–water partition coefficient (Wildman–Crippen LogP) is 4.98. The van der Waals surface area contributed by atoms with Crippen LogP contribution in [0.4, 0.5) is 0 Å². The first-order valence-electron chi connectivity index (χ1n) is 5.68. The first kappa shape index (κ1) is 12.7. The van der Waals surface area contributed by atoms with Crippen molar-refractivity contribution in [3.8, 4) is 11.1 Å². The second-order valence-corrected chi connectivity index (χ2v) is 6.06. The maximum atomic E-state index is 4.41. The zero-order valence-electron chi connectivity index (χ0n) is 9.73. The molecule has 2 rings (SSSR count). The molecule has 0 radical (unpaired) electrons. The highest BCUT2D eigenvalue weighted by atomic mass is 79.9. The lowest BCUT2D eigenvalue weighted by molar-refractivity contribution is 0.951. The molecule has 17 heavy (non-hydrogen) atoms. The molecular weight excluding hydrogens is 292 g/mol. The summed E-state index contributed by atoms with van der Waals surface area (Å²) >= 11 is 7.91. The van der Waals surface area contributed by atoms with Crippen LogP contribution in [0.3, 0.4) is 0 Å². The lowest BCUT2D eigenvalue weighted by Crippen LogP contribution is -1.96. The molecule has 0 aliphatic rings. The van der Waals surface area contributed by atoms with Crippen molar-refractivity contribution >= 4 is 28.6 Å². The minimum Gasteiger partial charge on any atom is -0.176 e. The first-order chi connectivity index (χ1) is 8.15. The van der Waals surface area contributed by atoms with Crippen molar-refractivity contribution in [1.82, 2.24) is 0 Å². The van der Waals surface area contributed by atoms with Gasteiger partial charge in [-0.1, -0.05) is 59.3 Å². The van der Waals surface area contributed by atoms with E-state index in [0.717, 1.165) is 10.9 Å². The molecule has 0 bridgehead atoms. The van der Waals surface area contributed by atoms with Gasteiger partial charge >= 0.3 is 0 Å². The van der Waals surface area contributed by atoms with E-state index in [1.165, 1.54) is 16.7 Å². The Morgan fingerprint density at radius 3 is 2.35 bits per heavy atom. The van der Waals surface area contributed by atoms with Crippen molar-refractivity contribution in [1.29, 1.82) is 0 Å². The van der Waals surface area contributed by atoms with E-state index < -0.39 is 0 Å². The van der Waals surface area contributed by atoms with E-state index in [-0.39, 0.29) is 0 Å². The van der Waals surface area contributed by atoms with Crippen LogP contribution in [0.2, 0.25) is 0 Å². The number of benzene rings is 2. The molecule has 88 valence electrons. The zero-order valence-corrected chi connectivity index (χ0v) is 12.2. The standard InChI is InChI=1S/C15H15BrS/c1-11(17)9-12-5-7-13(8-6-12)14-3-2-4-15(16)10-14/h2-8,10-11,17H,9H2,1H3. The third kappa shape index (κ3) is 3.62. The fourth-order valence-corrected chi connectivity index (χ4v) is 2.45. The van der Waals surface area contributed by atoms with Gasteiger partial charge in [0, 0.05) is 9.72 Å². The van der Waals surface area contributed by atoms with Crippen molar-refractivity contribution in [3.63, 3.8) is 0 Å². The fourth-order valence-electron chi connectivity index (χ4n) is 1.84. The van der Waals surface area contributed by atoms with Gasteiger partial charge in [0.2, 0.25) is 0 Å². The van der Waals surface area contributed by atoms with Gasteiger partial charge in [0.05, 0.1) is 0 Å². The number of hydrogen-bond donors (Lipinski definition) is 1. The third-order valence-corrected chi connectivity index (χ3v) is 3.32. The lowest BCUT2D eigenvalue weighted by atomic mass is 10.0. The highest BCUT2D eigenvalue weighted by Gasteiger charge is 2.01. The van der Waals surface area contributed by atoms with E-state index in [1.807, 2.05) is 6.07 Å². The Morgan fingerprint density at radius 2 is 1.76 bits per heavy atom. The van der Waals surface area contributed by atoms with Crippen molar-refractivity contribution in [2.75, 3.05) is 0 Å². The van der Waals surface area contributed by atoms with Gasteiger partial charge in [0.1, 0.15) is 0 Å². The molecule has 0 fully saturated rings. The van der Waals surface area contributed by atoms with Crippen LogP contribution in [-0.4, -0.2) is 5.25 Å². The molecule has 0 saturated heterocycles. The van der Waals surface area contributed by atoms with Crippen LogP contribution in [0.5, 0.6) is 0 Å². The van der Waals surface area contributed by atoms with Gasteiger partial charge in [-0.15, -0.1) is 0 Å². The van der Waals surface area contributed by atoms with E-state index in [1.54, 1.807) is 0 Å². The van der Waals surface area contributed by atoms with Gasteiger partial charge in [-0.3, -0.25) is 0 Å². The van der Waals surface area contributed by atoms with Crippen LogP contribution in [-0.2, 0) is 6.42 Å². The SMILES string of the molecule is CC(S)Cc1ccc(-c2cccc(Br)c2)cc1. The lowest BCUT2D eigenvalue weighted by Gasteiger charge is -2.06. The maximum absolute atomic E-state index is 4.41. The van der Waals surface area contributed by atoms with Crippen LogP contribution >= 0.6 is 28.6 Å². The molecule has 1 atom stereocenters. The Bertz CT molecular complexity index is 489. The van der Waals surface area contributed by atoms with Crippen LogP contribution in [0, 0.1) is 0 Å². The van der Waals surface area contributed by atoms with Crippen molar-refractivity contribution < 1.29 is 0 Å². The summed E-state index contributed by atoms with van der Waals surface area (Å²) in [5, 5.41) is 0.409. The Hall–Kier alpha value is -0.730. The number of hydrogen-bond acceptors (Lipinski definition) is 1. The van der Waals surface area contributed by atoms with E-state index in [2.05, 4.69) is 77.9 Å². The van der Waals surface area contributed by atoms with E-state index in [4.69, 9.17) is 0 Å². The topological polar surface area (TPSA) is 0 Å². The number of rotatable bonds is 3. The summed E-state index contributed by atoms with van der Waals surface area (Å²) in [6.45, 7) is 2.12. The highest BCUT2D eigenvalue weighted by Crippen LogP contribution is 2.23. The largest absolute Gasteiger partial charge is 0.176 e. The van der Waals surface area contributed by atoms with Crippen molar-refractivity contribution in [2.24, 2.45) is 0 Å². The molecule has 2 aromatic rings. The molecule has 0 aromatic heterocycles. The molecule has 0 nitrogen and oxygen atoms in total. The molecule has 0 amide bonds.